The molecular weight excluding hydrogens is 909 g/mol. The van der Waals surface area contributed by atoms with Gasteiger partial charge in [-0.05, 0) is 87.5 Å². The van der Waals surface area contributed by atoms with Gasteiger partial charge in [0.25, 0.3) is 0 Å². The van der Waals surface area contributed by atoms with Crippen LogP contribution >= 0.6 is 0 Å². The van der Waals surface area contributed by atoms with Crippen molar-refractivity contribution in [2.75, 3.05) is 33.6 Å². The molecule has 10 rings (SSSR count). The average molecular weight is 962 g/mol. The van der Waals surface area contributed by atoms with E-state index in [1.165, 1.54) is 36.9 Å². The molecule has 4 aliphatic rings. The first kappa shape index (κ1) is 49.0. The van der Waals surface area contributed by atoms with Gasteiger partial charge in [0, 0.05) is 24.8 Å². The molecule has 3 amide bonds. The number of carbonyl (C=O) groups excluding carboxylic acids is 4. The molecule has 15 heteroatoms. The Morgan fingerprint density at radius 2 is 0.915 bits per heavy atom. The highest BCUT2D eigenvalue weighted by atomic mass is 16.6. The fraction of sp³-hybridized carbons (Fsp3) is 0.250. The molecule has 1 fully saturated rings. The molecule has 0 unspecified atom stereocenters. The van der Waals surface area contributed by atoms with Gasteiger partial charge in [-0.25, -0.2) is 24.0 Å². The second-order valence-electron chi connectivity index (χ2n) is 17.5. The Morgan fingerprint density at radius 1 is 0.577 bits per heavy atom. The molecule has 6 aromatic carbocycles. The van der Waals surface area contributed by atoms with Crippen molar-refractivity contribution in [3.8, 4) is 33.4 Å². The van der Waals surface area contributed by atoms with E-state index in [1.54, 1.807) is 6.92 Å². The van der Waals surface area contributed by atoms with Crippen LogP contribution in [0.1, 0.15) is 71.9 Å². The molecule has 0 bridgehead atoms. The van der Waals surface area contributed by atoms with Crippen LogP contribution in [0.15, 0.2) is 146 Å². The molecule has 0 saturated carbocycles. The van der Waals surface area contributed by atoms with E-state index in [0.29, 0.717) is 0 Å². The number of alkyl carbamates (subject to hydrolysis) is 1. The number of fused-ring (bicyclic) bond motifs is 9. The largest absolute Gasteiger partial charge is 0.480 e. The number of ether oxygens (including phenoxy) is 4. The van der Waals surface area contributed by atoms with Crippen molar-refractivity contribution >= 4 is 36.2 Å². The SMILES string of the molecule is C[C@@H](C(=O)O)N([13CH3])C(=O)OCC1c2ccccc2-c2ccccc21.C[C@H](NC(=O)OCC1c2ccccc2-c2ccccc21)C(=O)O.C[C@H]1C(=O)O[13CH2]N1C(=O)OCC1c2ccccc2-c2ccccc21. The van der Waals surface area contributed by atoms with Gasteiger partial charge in [0.1, 0.15) is 37.9 Å². The maximum Gasteiger partial charge on any atom is 0.413 e. The number of carboxylic acid groups (broad SMARTS) is 2. The van der Waals surface area contributed by atoms with Gasteiger partial charge in [-0.3, -0.25) is 14.6 Å². The van der Waals surface area contributed by atoms with E-state index in [-0.39, 0.29) is 44.3 Å². The maximum absolute atomic E-state index is 12.3. The van der Waals surface area contributed by atoms with Gasteiger partial charge in [0.05, 0.1) is 0 Å². The molecule has 3 N–H and O–H groups in total. The lowest BCUT2D eigenvalue weighted by atomic mass is 9.98. The Hall–Kier alpha value is -8.46. The number of carbonyl (C=O) groups is 6. The first-order chi connectivity index (χ1) is 34.2. The van der Waals surface area contributed by atoms with Crippen LogP contribution in [-0.2, 0) is 33.3 Å². The van der Waals surface area contributed by atoms with Crippen LogP contribution in [0, 0.1) is 0 Å². The summed E-state index contributed by atoms with van der Waals surface area (Å²) in [6.07, 6.45) is -1.87. The van der Waals surface area contributed by atoms with E-state index >= 15 is 0 Å². The van der Waals surface area contributed by atoms with Crippen molar-refractivity contribution in [2.45, 2.75) is 56.7 Å². The third kappa shape index (κ3) is 10.3. The fourth-order valence-electron chi connectivity index (χ4n) is 9.28. The topological polar surface area (TPSA) is 198 Å². The highest BCUT2D eigenvalue weighted by Crippen LogP contribution is 2.47. The Morgan fingerprint density at radius 3 is 1.24 bits per heavy atom. The summed E-state index contributed by atoms with van der Waals surface area (Å²) >= 11 is 0. The van der Waals surface area contributed by atoms with E-state index in [9.17, 15) is 28.8 Å². The smallest absolute Gasteiger partial charge is 0.413 e. The number of nitrogens with zero attached hydrogens (tertiary/aromatic N) is 2. The minimum atomic E-state index is -1.10. The summed E-state index contributed by atoms with van der Waals surface area (Å²) in [6, 6.07) is 46.0. The first-order valence-electron chi connectivity index (χ1n) is 23.2. The van der Waals surface area contributed by atoms with Crippen molar-refractivity contribution < 1.29 is 57.9 Å². The zero-order chi connectivity index (χ0) is 50.3. The minimum absolute atomic E-state index is 0.0101. The third-order valence-corrected chi connectivity index (χ3v) is 13.3. The number of cyclic esters (lactones) is 1. The number of hydrogen-bond acceptors (Lipinski definition) is 10. The second-order valence-corrected chi connectivity index (χ2v) is 17.5. The molecular formula is C56H53N3O12. The molecule has 0 radical (unpaired) electrons. The van der Waals surface area contributed by atoms with E-state index < -0.39 is 54.3 Å². The second kappa shape index (κ2) is 21.5. The number of benzene rings is 6. The highest BCUT2D eigenvalue weighted by molar-refractivity contribution is 5.85. The number of likely N-dealkylation sites (N-methyl/N-ethyl adjacent to an activating group) is 1. The first-order valence-corrected chi connectivity index (χ1v) is 23.2. The van der Waals surface area contributed by atoms with Crippen LogP contribution in [0.5, 0.6) is 0 Å². The van der Waals surface area contributed by atoms with Crippen molar-refractivity contribution in [1.82, 2.24) is 15.1 Å². The van der Waals surface area contributed by atoms with Crippen molar-refractivity contribution in [3.05, 3.63) is 179 Å². The predicted octanol–water partition coefficient (Wildman–Crippen LogP) is 9.48. The lowest BCUT2D eigenvalue weighted by molar-refractivity contribution is -0.142. The molecule has 0 aromatic heterocycles. The molecule has 1 aliphatic heterocycles. The molecule has 1 saturated heterocycles. The molecule has 0 spiro atoms. The summed E-state index contributed by atoms with van der Waals surface area (Å²) < 4.78 is 21.0. The molecule has 3 aliphatic carbocycles. The van der Waals surface area contributed by atoms with Crippen LogP contribution in [0.4, 0.5) is 14.4 Å². The van der Waals surface area contributed by atoms with E-state index in [4.69, 9.17) is 29.2 Å². The maximum atomic E-state index is 12.3. The molecule has 15 nitrogen and oxygen atoms in total. The standard InChI is InChI=1S/C19H17NO4.C19H19NO4.C18H17NO4/c1-12-18(21)24-11-20(12)19(22)23-10-17-15-8-4-2-6-13(15)14-7-3-5-9-16(14)17;1-12(18(21)22)20(2)19(23)24-11-17-15-9-5-3-7-13(15)14-8-4-6-10-16(14)17;1-11(17(20)21)19-18(22)23-10-16-14-8-4-2-6-12(14)13-7-3-5-9-15(13)16/h2-9,12,17H,10-11H2,1H3;3-10,12,17H,11H2,1-2H3,(H,21,22);2-9,11,16H,10H2,1H3,(H,19,22)(H,20,21)/t2*12-;11-/m000/s1/i11+1;2+1;. The lowest BCUT2D eigenvalue weighted by Gasteiger charge is -2.22. The minimum Gasteiger partial charge on any atom is -0.480 e. The fourth-order valence-corrected chi connectivity index (χ4v) is 9.28. The van der Waals surface area contributed by atoms with Gasteiger partial charge >= 0.3 is 36.2 Å². The predicted molar refractivity (Wildman–Crippen MR) is 263 cm³/mol. The number of rotatable bonds is 10. The van der Waals surface area contributed by atoms with Gasteiger partial charge in [-0.2, -0.15) is 0 Å². The van der Waals surface area contributed by atoms with Gasteiger partial charge < -0.3 is 34.5 Å². The molecule has 1 heterocycles. The zero-order valence-corrected chi connectivity index (χ0v) is 39.5. The number of carboxylic acids is 2. The van der Waals surface area contributed by atoms with Gasteiger partial charge in [0.2, 0.25) is 0 Å². The molecule has 3 atom stereocenters. The number of aliphatic carboxylic acids is 2. The summed E-state index contributed by atoms with van der Waals surface area (Å²) in [6.45, 7) is 5.03. The van der Waals surface area contributed by atoms with Crippen LogP contribution < -0.4 is 5.32 Å². The number of hydrogen-bond donors (Lipinski definition) is 3. The van der Waals surface area contributed by atoms with Crippen LogP contribution in [0.25, 0.3) is 33.4 Å². The summed E-state index contributed by atoms with van der Waals surface area (Å²) in [4.78, 5) is 71.6. The lowest BCUT2D eigenvalue weighted by Crippen LogP contribution is -2.40. The third-order valence-electron chi connectivity index (χ3n) is 13.3. The number of esters is 1. The molecule has 71 heavy (non-hydrogen) atoms. The zero-order valence-electron chi connectivity index (χ0n) is 39.5. The van der Waals surface area contributed by atoms with E-state index in [2.05, 4.69) is 53.8 Å². The Kier molecular flexibility index (Phi) is 14.8. The van der Waals surface area contributed by atoms with Crippen LogP contribution in [0.3, 0.4) is 0 Å². The number of amides is 3. The monoisotopic (exact) mass is 961 g/mol. The summed E-state index contributed by atoms with van der Waals surface area (Å²) in [7, 11) is 1.43. The average Bonchev–Trinajstić information content (AvgIpc) is 4.11. The Labute approximate surface area is 410 Å². The van der Waals surface area contributed by atoms with Crippen LogP contribution in [-0.4, -0.2) is 108 Å². The summed E-state index contributed by atoms with van der Waals surface area (Å²) in [5.41, 5.74) is 13.8. The number of nitrogens with one attached hydrogen (secondary N) is 1. The van der Waals surface area contributed by atoms with Crippen molar-refractivity contribution in [3.63, 3.8) is 0 Å². The summed E-state index contributed by atoms with van der Waals surface area (Å²) in [5.74, 6) is -2.62. The van der Waals surface area contributed by atoms with Crippen molar-refractivity contribution in [2.24, 2.45) is 0 Å². The molecule has 6 aromatic rings. The highest BCUT2D eigenvalue weighted by Gasteiger charge is 2.37. The normalized spacial score (nSPS) is 15.5. The quantitative estimate of drug-likeness (QED) is 0.0669. The van der Waals surface area contributed by atoms with Gasteiger partial charge in [0.15, 0.2) is 6.73 Å². The van der Waals surface area contributed by atoms with Crippen LogP contribution in [0.2, 0.25) is 0 Å². The Bertz CT molecular complexity index is 2850. The van der Waals surface area contributed by atoms with Gasteiger partial charge in [-0.15, -0.1) is 0 Å². The Balaban J connectivity index is 0.000000143. The van der Waals surface area contributed by atoms with E-state index in [1.807, 2.05) is 97.1 Å². The summed E-state index contributed by atoms with van der Waals surface area (Å²) in [5, 5.41) is 20.1. The van der Waals surface area contributed by atoms with Gasteiger partial charge in [-0.1, -0.05) is 146 Å². The van der Waals surface area contributed by atoms with Crippen molar-refractivity contribution in [1.29, 1.82) is 0 Å². The molecule has 364 valence electrons. The van der Waals surface area contributed by atoms with E-state index in [0.717, 1.165) is 60.5 Å².